The van der Waals surface area contributed by atoms with Gasteiger partial charge in [-0.25, -0.2) is 14.7 Å². The van der Waals surface area contributed by atoms with Gasteiger partial charge in [0.25, 0.3) is 10.0 Å². The number of fused-ring (bicyclic) bond motifs is 1. The van der Waals surface area contributed by atoms with E-state index in [1.54, 1.807) is 0 Å². The zero-order valence-electron chi connectivity index (χ0n) is 9.79. The van der Waals surface area contributed by atoms with Crippen molar-refractivity contribution in [2.45, 2.75) is 11.6 Å². The first kappa shape index (κ1) is 11.7. The van der Waals surface area contributed by atoms with E-state index in [1.165, 1.54) is 6.33 Å². The Morgan fingerprint density at radius 3 is 2.79 bits per heavy atom. The summed E-state index contributed by atoms with van der Waals surface area (Å²) in [5, 5.41) is 2.84. The number of guanidine groups is 1. The SMILES string of the molecule is O=S1(=O)NC(=NCc2ccccc2)Nc2nc[nH]c21. The average Bonchev–Trinajstić information content (AvgIpc) is 2.86. The van der Waals surface area contributed by atoms with Crippen LogP contribution in [-0.2, 0) is 16.6 Å². The monoisotopic (exact) mass is 277 g/mol. The number of hydrogen-bond acceptors (Lipinski definition) is 4. The van der Waals surface area contributed by atoms with Gasteiger partial charge in [0, 0.05) is 0 Å². The number of aromatic amines is 1. The molecule has 0 aliphatic carbocycles. The molecule has 0 bridgehead atoms. The summed E-state index contributed by atoms with van der Waals surface area (Å²) >= 11 is 0. The molecule has 2 aromatic rings. The minimum Gasteiger partial charge on any atom is -0.332 e. The predicted octanol–water partition coefficient (Wildman–Crippen LogP) is 0.670. The van der Waals surface area contributed by atoms with Crippen LogP contribution in [0.15, 0.2) is 46.7 Å². The summed E-state index contributed by atoms with van der Waals surface area (Å²) < 4.78 is 26.1. The molecular weight excluding hydrogens is 266 g/mol. The molecule has 1 aromatic carbocycles. The lowest BCUT2D eigenvalue weighted by molar-refractivity contribution is 0.588. The molecule has 1 aromatic heterocycles. The third-order valence-electron chi connectivity index (χ3n) is 2.60. The Morgan fingerprint density at radius 2 is 2.00 bits per heavy atom. The first-order valence-electron chi connectivity index (χ1n) is 5.57. The molecule has 0 saturated carbocycles. The van der Waals surface area contributed by atoms with Gasteiger partial charge in [0.2, 0.25) is 5.96 Å². The van der Waals surface area contributed by atoms with Crippen molar-refractivity contribution in [3.05, 3.63) is 42.2 Å². The summed E-state index contributed by atoms with van der Waals surface area (Å²) in [6.45, 7) is 0.380. The first-order chi connectivity index (χ1) is 9.15. The molecule has 2 heterocycles. The van der Waals surface area contributed by atoms with Crippen LogP contribution in [0.5, 0.6) is 0 Å². The van der Waals surface area contributed by atoms with E-state index in [4.69, 9.17) is 0 Å². The largest absolute Gasteiger partial charge is 0.332 e. The van der Waals surface area contributed by atoms with Gasteiger partial charge in [-0.05, 0) is 5.56 Å². The fraction of sp³-hybridized carbons (Fsp3) is 0.0909. The summed E-state index contributed by atoms with van der Waals surface area (Å²) in [5.41, 5.74) is 0.990. The van der Waals surface area contributed by atoms with Crippen molar-refractivity contribution in [2.24, 2.45) is 4.99 Å². The molecule has 98 valence electrons. The second-order valence-electron chi connectivity index (χ2n) is 3.96. The van der Waals surface area contributed by atoms with E-state index in [-0.39, 0.29) is 16.8 Å². The van der Waals surface area contributed by atoms with Crippen LogP contribution in [-0.4, -0.2) is 24.3 Å². The van der Waals surface area contributed by atoms with Crippen LogP contribution >= 0.6 is 0 Å². The molecule has 19 heavy (non-hydrogen) atoms. The fourth-order valence-electron chi connectivity index (χ4n) is 1.72. The number of nitrogens with zero attached hydrogens (tertiary/aromatic N) is 2. The van der Waals surface area contributed by atoms with E-state index < -0.39 is 10.0 Å². The van der Waals surface area contributed by atoms with E-state index in [2.05, 4.69) is 25.0 Å². The second-order valence-corrected chi connectivity index (χ2v) is 5.58. The Hall–Kier alpha value is -2.35. The molecule has 8 heteroatoms. The summed E-state index contributed by atoms with van der Waals surface area (Å²) in [6, 6.07) is 9.55. The Bertz CT molecular complexity index is 721. The van der Waals surface area contributed by atoms with Crippen LogP contribution in [0.4, 0.5) is 5.82 Å². The van der Waals surface area contributed by atoms with E-state index in [9.17, 15) is 8.42 Å². The van der Waals surface area contributed by atoms with Crippen LogP contribution in [0, 0.1) is 0 Å². The number of aliphatic imine (C=N–C) groups is 1. The number of benzene rings is 1. The second kappa shape index (κ2) is 4.39. The van der Waals surface area contributed by atoms with Gasteiger partial charge < -0.3 is 10.3 Å². The Labute approximate surface area is 109 Å². The third kappa shape index (κ3) is 2.29. The van der Waals surface area contributed by atoms with Gasteiger partial charge in [-0.3, -0.25) is 0 Å². The number of anilines is 1. The molecule has 0 atom stereocenters. The highest BCUT2D eigenvalue weighted by atomic mass is 32.2. The van der Waals surface area contributed by atoms with Gasteiger partial charge in [0.05, 0.1) is 12.9 Å². The molecular formula is C11H11N5O2S. The first-order valence-corrected chi connectivity index (χ1v) is 7.05. The minimum atomic E-state index is -3.61. The molecule has 7 nitrogen and oxygen atoms in total. The quantitative estimate of drug-likeness (QED) is 0.751. The third-order valence-corrected chi connectivity index (χ3v) is 3.91. The standard InChI is InChI=1S/C11H11N5O2S/c17-19(18)10-9(13-7-14-10)15-11(16-19)12-6-8-4-2-1-3-5-8/h1-5,7H,6H2,(H,13,14)(H2,12,15,16). The molecule has 0 radical (unpaired) electrons. The lowest BCUT2D eigenvalue weighted by Gasteiger charge is -2.17. The Kier molecular flexibility index (Phi) is 2.71. The summed E-state index contributed by atoms with van der Waals surface area (Å²) in [7, 11) is -3.61. The molecule has 0 amide bonds. The molecule has 3 N–H and O–H groups in total. The van der Waals surface area contributed by atoms with Crippen molar-refractivity contribution in [3.63, 3.8) is 0 Å². The fourth-order valence-corrected chi connectivity index (χ4v) is 2.76. The topological polar surface area (TPSA) is 99.2 Å². The number of sulfonamides is 1. The zero-order valence-corrected chi connectivity index (χ0v) is 10.6. The van der Waals surface area contributed by atoms with E-state index in [1.807, 2.05) is 30.3 Å². The Balaban J connectivity index is 1.85. The van der Waals surface area contributed by atoms with E-state index in [0.717, 1.165) is 5.56 Å². The summed E-state index contributed by atoms with van der Waals surface area (Å²) in [4.78, 5) is 10.6. The number of imidazole rings is 1. The maximum Gasteiger partial charge on any atom is 0.283 e. The maximum atomic E-state index is 11.9. The molecule has 0 spiro atoms. The number of aromatic nitrogens is 2. The van der Waals surface area contributed by atoms with Crippen LogP contribution in [0.3, 0.4) is 0 Å². The van der Waals surface area contributed by atoms with Crippen molar-refractivity contribution in [1.29, 1.82) is 0 Å². The normalized spacial score (nSPS) is 18.4. The molecule has 3 rings (SSSR count). The minimum absolute atomic E-state index is 0.0196. The summed E-state index contributed by atoms with van der Waals surface area (Å²) in [6.07, 6.45) is 1.32. The summed E-state index contributed by atoms with van der Waals surface area (Å²) in [5.74, 6) is 0.425. The lowest BCUT2D eigenvalue weighted by Crippen LogP contribution is -2.40. The zero-order chi connectivity index (χ0) is 13.3. The van der Waals surface area contributed by atoms with Crippen molar-refractivity contribution in [2.75, 3.05) is 5.32 Å². The highest BCUT2D eigenvalue weighted by molar-refractivity contribution is 7.90. The van der Waals surface area contributed by atoms with Gasteiger partial charge >= 0.3 is 0 Å². The van der Waals surface area contributed by atoms with Gasteiger partial charge in [0.15, 0.2) is 10.8 Å². The lowest BCUT2D eigenvalue weighted by atomic mass is 10.2. The van der Waals surface area contributed by atoms with Crippen LogP contribution in [0.1, 0.15) is 5.56 Å². The average molecular weight is 277 g/mol. The number of nitrogens with one attached hydrogen (secondary N) is 3. The van der Waals surface area contributed by atoms with Crippen LogP contribution in [0.2, 0.25) is 0 Å². The van der Waals surface area contributed by atoms with Crippen LogP contribution in [0.25, 0.3) is 0 Å². The maximum absolute atomic E-state index is 11.9. The van der Waals surface area contributed by atoms with E-state index >= 15 is 0 Å². The predicted molar refractivity (Wildman–Crippen MR) is 70.1 cm³/mol. The van der Waals surface area contributed by atoms with Crippen molar-refractivity contribution in [1.82, 2.24) is 14.7 Å². The number of hydrogen-bond donors (Lipinski definition) is 3. The molecule has 0 unspecified atom stereocenters. The highest BCUT2D eigenvalue weighted by Gasteiger charge is 2.28. The highest BCUT2D eigenvalue weighted by Crippen LogP contribution is 2.19. The molecule has 1 aliphatic heterocycles. The number of H-pyrrole nitrogens is 1. The Morgan fingerprint density at radius 1 is 1.21 bits per heavy atom. The van der Waals surface area contributed by atoms with Gasteiger partial charge in [0.1, 0.15) is 0 Å². The molecule has 0 fully saturated rings. The smallest absolute Gasteiger partial charge is 0.283 e. The van der Waals surface area contributed by atoms with Crippen molar-refractivity contribution < 1.29 is 8.42 Å². The van der Waals surface area contributed by atoms with Gasteiger partial charge in [-0.2, -0.15) is 8.42 Å². The van der Waals surface area contributed by atoms with Crippen LogP contribution < -0.4 is 10.0 Å². The number of rotatable bonds is 2. The molecule has 1 aliphatic rings. The van der Waals surface area contributed by atoms with Gasteiger partial charge in [-0.15, -0.1) is 0 Å². The van der Waals surface area contributed by atoms with E-state index in [0.29, 0.717) is 6.54 Å². The van der Waals surface area contributed by atoms with Crippen molar-refractivity contribution in [3.8, 4) is 0 Å². The van der Waals surface area contributed by atoms with Crippen molar-refractivity contribution >= 4 is 21.8 Å². The van der Waals surface area contributed by atoms with Gasteiger partial charge in [-0.1, -0.05) is 30.3 Å². The molecule has 0 saturated heterocycles.